The summed E-state index contributed by atoms with van der Waals surface area (Å²) in [5.74, 6) is -1.24. The van der Waals surface area contributed by atoms with Gasteiger partial charge in [0, 0.05) is 13.6 Å². The lowest BCUT2D eigenvalue weighted by atomic mass is 10.1. The lowest BCUT2D eigenvalue weighted by Crippen LogP contribution is -2.51. The zero-order chi connectivity index (χ0) is 30.5. The van der Waals surface area contributed by atoms with E-state index in [0.717, 1.165) is 28.8 Å². The van der Waals surface area contributed by atoms with E-state index in [1.807, 2.05) is 19.1 Å². The van der Waals surface area contributed by atoms with E-state index >= 15 is 0 Å². The number of hydrogen-bond donors (Lipinski definition) is 1. The molecule has 1 atom stereocenters. The van der Waals surface area contributed by atoms with E-state index < -0.39 is 56.9 Å². The maximum absolute atomic E-state index is 13.9. The van der Waals surface area contributed by atoms with Gasteiger partial charge in [-0.2, -0.15) is 13.2 Å². The number of carbonyl (C=O) groups excluding carboxylic acids is 2. The number of carbonyl (C=O) groups is 2. The molecular formula is C29H31ClF3N3O4S. The van der Waals surface area contributed by atoms with Crippen LogP contribution in [0, 0.1) is 13.8 Å². The molecule has 0 aliphatic rings. The number of rotatable bonds is 10. The first-order valence-electron chi connectivity index (χ1n) is 12.7. The Balaban J connectivity index is 2.16. The highest BCUT2D eigenvalue weighted by atomic mass is 35.5. The molecule has 0 aliphatic heterocycles. The normalized spacial score (nSPS) is 12.5. The van der Waals surface area contributed by atoms with Crippen molar-refractivity contribution in [2.24, 2.45) is 0 Å². The molecule has 41 heavy (non-hydrogen) atoms. The number of hydrogen-bond acceptors (Lipinski definition) is 4. The summed E-state index contributed by atoms with van der Waals surface area (Å²) in [5, 5.41) is 1.91. The molecule has 1 N–H and O–H groups in total. The lowest BCUT2D eigenvalue weighted by Gasteiger charge is -2.33. The van der Waals surface area contributed by atoms with Crippen molar-refractivity contribution in [3.05, 3.63) is 94.0 Å². The fourth-order valence-electron chi connectivity index (χ4n) is 4.31. The molecule has 7 nitrogen and oxygen atoms in total. The first-order chi connectivity index (χ1) is 19.2. The number of nitrogens with one attached hydrogen (secondary N) is 1. The zero-order valence-electron chi connectivity index (χ0n) is 23.0. The number of halogens is 4. The number of benzene rings is 3. The largest absolute Gasteiger partial charge is 0.417 e. The van der Waals surface area contributed by atoms with Gasteiger partial charge in [0.25, 0.3) is 10.0 Å². The summed E-state index contributed by atoms with van der Waals surface area (Å²) >= 11 is 5.80. The van der Waals surface area contributed by atoms with Gasteiger partial charge in [-0.05, 0) is 61.7 Å². The molecule has 0 aliphatic carbocycles. The summed E-state index contributed by atoms with van der Waals surface area (Å²) < 4.78 is 69.5. The standard InChI is InChI=1S/C29H31ClF3N3O4S/c1-5-26(28(38)34-4)35(17-21-9-7-6-8-20(21)3)27(37)18-36(41(39,40)23-13-10-19(2)11-14-23)22-12-15-25(30)24(16-22)29(31,32)33/h6-16,26H,5,17-18H2,1-4H3,(H,34,38)/t26-/m1/s1. The fourth-order valence-corrected chi connectivity index (χ4v) is 5.94. The van der Waals surface area contributed by atoms with E-state index in [2.05, 4.69) is 5.32 Å². The lowest BCUT2D eigenvalue weighted by molar-refractivity contribution is -0.140. The minimum Gasteiger partial charge on any atom is -0.357 e. The first kappa shape index (κ1) is 32.0. The first-order valence-corrected chi connectivity index (χ1v) is 14.5. The van der Waals surface area contributed by atoms with E-state index in [-0.39, 0.29) is 17.9 Å². The fraction of sp³-hybridized carbons (Fsp3) is 0.310. The number of amides is 2. The van der Waals surface area contributed by atoms with Gasteiger partial charge >= 0.3 is 6.18 Å². The highest BCUT2D eigenvalue weighted by Crippen LogP contribution is 2.38. The number of likely N-dealkylation sites (N-methyl/N-ethyl adjacent to an activating group) is 1. The molecule has 0 aromatic heterocycles. The van der Waals surface area contributed by atoms with Gasteiger partial charge in [0.15, 0.2) is 0 Å². The average molecular weight is 610 g/mol. The van der Waals surface area contributed by atoms with Crippen LogP contribution < -0.4 is 9.62 Å². The Bertz CT molecular complexity index is 1510. The molecule has 0 heterocycles. The van der Waals surface area contributed by atoms with Gasteiger partial charge in [0.05, 0.1) is 21.2 Å². The van der Waals surface area contributed by atoms with E-state index in [4.69, 9.17) is 11.6 Å². The van der Waals surface area contributed by atoms with Crippen molar-refractivity contribution in [2.75, 3.05) is 17.9 Å². The summed E-state index contributed by atoms with van der Waals surface area (Å²) in [4.78, 5) is 27.8. The number of alkyl halides is 3. The minimum atomic E-state index is -4.88. The Morgan fingerprint density at radius 2 is 1.63 bits per heavy atom. The van der Waals surface area contributed by atoms with Crippen LogP contribution in [0.3, 0.4) is 0 Å². The van der Waals surface area contributed by atoms with Gasteiger partial charge in [-0.25, -0.2) is 8.42 Å². The Kier molecular flexibility index (Phi) is 10.1. The third-order valence-corrected chi connectivity index (χ3v) is 8.78. The molecule has 220 valence electrons. The molecule has 0 radical (unpaired) electrons. The van der Waals surface area contributed by atoms with E-state index in [1.165, 1.54) is 24.1 Å². The molecule has 2 amide bonds. The summed E-state index contributed by atoms with van der Waals surface area (Å²) in [6, 6.07) is 14.6. The van der Waals surface area contributed by atoms with Crippen LogP contribution in [0.1, 0.15) is 35.6 Å². The molecule has 0 saturated heterocycles. The van der Waals surface area contributed by atoms with Crippen molar-refractivity contribution in [3.8, 4) is 0 Å². The molecule has 12 heteroatoms. The second kappa shape index (κ2) is 12.9. The third kappa shape index (κ3) is 7.39. The summed E-state index contributed by atoms with van der Waals surface area (Å²) in [5.41, 5.74) is 0.676. The van der Waals surface area contributed by atoms with Crippen LogP contribution in [-0.4, -0.2) is 44.8 Å². The van der Waals surface area contributed by atoms with Crippen LogP contribution in [0.25, 0.3) is 0 Å². The molecular weight excluding hydrogens is 579 g/mol. The predicted octanol–water partition coefficient (Wildman–Crippen LogP) is 5.72. The van der Waals surface area contributed by atoms with Gasteiger partial charge in [-0.1, -0.05) is 60.5 Å². The summed E-state index contributed by atoms with van der Waals surface area (Å²) in [6.45, 7) is 4.39. The molecule has 0 saturated carbocycles. The topological polar surface area (TPSA) is 86.8 Å². The van der Waals surface area contributed by atoms with Crippen LogP contribution in [-0.2, 0) is 32.3 Å². The van der Waals surface area contributed by atoms with Crippen LogP contribution in [0.5, 0.6) is 0 Å². The number of anilines is 1. The Morgan fingerprint density at radius 3 is 2.20 bits per heavy atom. The minimum absolute atomic E-state index is 0.0235. The quantitative estimate of drug-likeness (QED) is 0.318. The van der Waals surface area contributed by atoms with Crippen LogP contribution >= 0.6 is 11.6 Å². The average Bonchev–Trinajstić information content (AvgIpc) is 2.92. The van der Waals surface area contributed by atoms with Crippen molar-refractivity contribution < 1.29 is 31.2 Å². The summed E-state index contributed by atoms with van der Waals surface area (Å²) in [6.07, 6.45) is -4.67. The van der Waals surface area contributed by atoms with Gasteiger partial charge in [0.1, 0.15) is 12.6 Å². The second-order valence-electron chi connectivity index (χ2n) is 9.47. The van der Waals surface area contributed by atoms with Crippen LogP contribution in [0.15, 0.2) is 71.6 Å². The Labute approximate surface area is 243 Å². The van der Waals surface area contributed by atoms with E-state index in [1.54, 1.807) is 38.1 Å². The van der Waals surface area contributed by atoms with Crippen molar-refractivity contribution in [1.29, 1.82) is 0 Å². The van der Waals surface area contributed by atoms with Gasteiger partial charge < -0.3 is 10.2 Å². The van der Waals surface area contributed by atoms with Crippen LogP contribution in [0.4, 0.5) is 18.9 Å². The third-order valence-electron chi connectivity index (χ3n) is 6.67. The maximum Gasteiger partial charge on any atom is 0.417 e. The SMILES string of the molecule is CC[C@H](C(=O)NC)N(Cc1ccccc1C)C(=O)CN(c1ccc(Cl)c(C(F)(F)F)c1)S(=O)(=O)c1ccc(C)cc1. The van der Waals surface area contributed by atoms with Crippen molar-refractivity contribution >= 4 is 39.1 Å². The van der Waals surface area contributed by atoms with Gasteiger partial charge in [-0.15, -0.1) is 0 Å². The van der Waals surface area contributed by atoms with Crippen molar-refractivity contribution in [2.45, 2.75) is 50.9 Å². The van der Waals surface area contributed by atoms with Gasteiger partial charge in [-0.3, -0.25) is 13.9 Å². The Morgan fingerprint density at radius 1 is 1.00 bits per heavy atom. The van der Waals surface area contributed by atoms with Gasteiger partial charge in [0.2, 0.25) is 11.8 Å². The maximum atomic E-state index is 13.9. The number of sulfonamides is 1. The number of aryl methyl sites for hydroxylation is 2. The van der Waals surface area contributed by atoms with Crippen molar-refractivity contribution in [1.82, 2.24) is 10.2 Å². The molecule has 3 rings (SSSR count). The second-order valence-corrected chi connectivity index (χ2v) is 11.7. The van der Waals surface area contributed by atoms with E-state index in [0.29, 0.717) is 10.4 Å². The molecule has 3 aromatic rings. The molecule has 3 aromatic carbocycles. The highest BCUT2D eigenvalue weighted by Gasteiger charge is 2.37. The zero-order valence-corrected chi connectivity index (χ0v) is 24.6. The molecule has 0 bridgehead atoms. The Hall–Kier alpha value is -3.57. The van der Waals surface area contributed by atoms with E-state index in [9.17, 15) is 31.2 Å². The predicted molar refractivity (Wildman–Crippen MR) is 152 cm³/mol. The van der Waals surface area contributed by atoms with Crippen LogP contribution in [0.2, 0.25) is 5.02 Å². The molecule has 0 fully saturated rings. The highest BCUT2D eigenvalue weighted by molar-refractivity contribution is 7.92. The smallest absolute Gasteiger partial charge is 0.357 e. The van der Waals surface area contributed by atoms with Crippen molar-refractivity contribution in [3.63, 3.8) is 0 Å². The molecule has 0 unspecified atom stereocenters. The number of nitrogens with zero attached hydrogens (tertiary/aromatic N) is 2. The monoisotopic (exact) mass is 609 g/mol. The molecule has 0 spiro atoms. The summed E-state index contributed by atoms with van der Waals surface area (Å²) in [7, 11) is -3.12.